The van der Waals surface area contributed by atoms with Crippen molar-refractivity contribution in [3.8, 4) is 16.9 Å². The molecule has 32 heavy (non-hydrogen) atoms. The van der Waals surface area contributed by atoms with E-state index in [1.807, 2.05) is 12.1 Å². The Hall–Kier alpha value is -3.42. The number of phenolic OH excluding ortho intramolecular Hbond substituents is 1. The Morgan fingerprint density at radius 1 is 0.969 bits per heavy atom. The molecular formula is C25H23NO6. The topological polar surface area (TPSA) is 93.1 Å². The van der Waals surface area contributed by atoms with Crippen molar-refractivity contribution >= 4 is 21.9 Å². The summed E-state index contributed by atoms with van der Waals surface area (Å²) in [5.41, 5.74) is 1.99. The number of aryl methyl sites for hydroxylation is 1. The molecule has 0 atom stereocenters. The van der Waals surface area contributed by atoms with Crippen molar-refractivity contribution in [2.45, 2.75) is 19.9 Å². The molecule has 7 nitrogen and oxygen atoms in total. The van der Waals surface area contributed by atoms with Crippen molar-refractivity contribution in [1.82, 2.24) is 4.90 Å². The van der Waals surface area contributed by atoms with Gasteiger partial charge in [0, 0.05) is 42.0 Å². The first-order chi connectivity index (χ1) is 15.5. The quantitative estimate of drug-likeness (QED) is 0.491. The molecule has 2 aromatic heterocycles. The lowest BCUT2D eigenvalue weighted by atomic mass is 9.99. The standard InChI is InChI=1S/C25H23NO6/c1-2-15-3-6-22-16(11-15)12-19(25(29)31-22)18-13-23(28)32-24-17(18)4-5-21(27)20(24)14-26-7-9-30-10-8-26/h3-6,11-13,27H,2,7-10,14H2,1H3. The van der Waals surface area contributed by atoms with Crippen LogP contribution in [0.4, 0.5) is 0 Å². The van der Waals surface area contributed by atoms with Crippen LogP contribution in [-0.2, 0) is 17.7 Å². The van der Waals surface area contributed by atoms with Crippen molar-refractivity contribution < 1.29 is 18.7 Å². The van der Waals surface area contributed by atoms with E-state index in [0.717, 1.165) is 17.4 Å². The number of aromatic hydroxyl groups is 1. The molecule has 1 aliphatic rings. The average Bonchev–Trinajstić information content (AvgIpc) is 2.80. The highest BCUT2D eigenvalue weighted by molar-refractivity contribution is 5.97. The maximum atomic E-state index is 12.8. The summed E-state index contributed by atoms with van der Waals surface area (Å²) in [7, 11) is 0. The number of benzene rings is 2. The van der Waals surface area contributed by atoms with Gasteiger partial charge in [0.2, 0.25) is 0 Å². The Bertz CT molecular complexity index is 1430. The Morgan fingerprint density at radius 3 is 2.56 bits per heavy atom. The maximum Gasteiger partial charge on any atom is 0.344 e. The zero-order valence-electron chi connectivity index (χ0n) is 17.7. The molecule has 5 rings (SSSR count). The van der Waals surface area contributed by atoms with Crippen molar-refractivity contribution in [1.29, 1.82) is 0 Å². The van der Waals surface area contributed by atoms with E-state index in [1.165, 1.54) is 6.07 Å². The summed E-state index contributed by atoms with van der Waals surface area (Å²) >= 11 is 0. The van der Waals surface area contributed by atoms with Gasteiger partial charge in [-0.1, -0.05) is 13.0 Å². The third-order valence-electron chi connectivity index (χ3n) is 5.97. The van der Waals surface area contributed by atoms with Crippen LogP contribution in [0.2, 0.25) is 0 Å². The molecule has 0 radical (unpaired) electrons. The van der Waals surface area contributed by atoms with E-state index in [0.29, 0.717) is 54.9 Å². The molecule has 3 heterocycles. The molecule has 0 aliphatic carbocycles. The summed E-state index contributed by atoms with van der Waals surface area (Å²) in [6.07, 6.45) is 0.854. The first-order valence-corrected chi connectivity index (χ1v) is 10.7. The van der Waals surface area contributed by atoms with E-state index < -0.39 is 11.3 Å². The zero-order valence-corrected chi connectivity index (χ0v) is 17.7. The van der Waals surface area contributed by atoms with Crippen LogP contribution in [0.5, 0.6) is 5.75 Å². The Balaban J connectivity index is 1.71. The number of hydrogen-bond donors (Lipinski definition) is 1. The Morgan fingerprint density at radius 2 is 1.78 bits per heavy atom. The van der Waals surface area contributed by atoms with Crippen molar-refractivity contribution in [3.05, 3.63) is 74.4 Å². The summed E-state index contributed by atoms with van der Waals surface area (Å²) < 4.78 is 16.5. The van der Waals surface area contributed by atoms with Gasteiger partial charge in [0.1, 0.15) is 16.9 Å². The molecule has 1 fully saturated rings. The normalized spacial score (nSPS) is 14.9. The molecule has 2 aromatic carbocycles. The van der Waals surface area contributed by atoms with Crippen molar-refractivity contribution in [2.75, 3.05) is 26.3 Å². The van der Waals surface area contributed by atoms with Crippen LogP contribution in [0.15, 0.2) is 60.9 Å². The highest BCUT2D eigenvalue weighted by Gasteiger charge is 2.20. The molecule has 0 spiro atoms. The van der Waals surface area contributed by atoms with Crippen LogP contribution in [-0.4, -0.2) is 36.3 Å². The van der Waals surface area contributed by atoms with Gasteiger partial charge < -0.3 is 18.7 Å². The van der Waals surface area contributed by atoms with Crippen LogP contribution in [0.3, 0.4) is 0 Å². The zero-order chi connectivity index (χ0) is 22.2. The number of rotatable bonds is 4. The lowest BCUT2D eigenvalue weighted by Gasteiger charge is -2.27. The van der Waals surface area contributed by atoms with E-state index >= 15 is 0 Å². The molecule has 0 bridgehead atoms. The first kappa shape index (κ1) is 20.5. The van der Waals surface area contributed by atoms with E-state index in [1.54, 1.807) is 24.3 Å². The molecule has 1 N–H and O–H groups in total. The highest BCUT2D eigenvalue weighted by atomic mass is 16.5. The minimum atomic E-state index is -0.594. The fourth-order valence-corrected chi connectivity index (χ4v) is 4.21. The summed E-state index contributed by atoms with van der Waals surface area (Å²) in [6, 6.07) is 12.0. The number of nitrogens with zero attached hydrogens (tertiary/aromatic N) is 1. The SMILES string of the molecule is CCc1ccc2oc(=O)c(-c3cc(=O)oc4c(CN5CCOCC5)c(O)ccc34)cc2c1. The van der Waals surface area contributed by atoms with Crippen LogP contribution < -0.4 is 11.3 Å². The predicted octanol–water partition coefficient (Wildman–Crippen LogP) is 3.67. The molecule has 0 unspecified atom stereocenters. The summed E-state index contributed by atoms with van der Waals surface area (Å²) in [5, 5.41) is 11.9. The summed E-state index contributed by atoms with van der Waals surface area (Å²) in [5.74, 6) is 0.0439. The Kier molecular flexibility index (Phi) is 5.28. The number of phenols is 1. The van der Waals surface area contributed by atoms with E-state index in [-0.39, 0.29) is 16.9 Å². The van der Waals surface area contributed by atoms with Crippen molar-refractivity contribution in [2.24, 2.45) is 0 Å². The van der Waals surface area contributed by atoms with Gasteiger partial charge >= 0.3 is 11.3 Å². The number of fused-ring (bicyclic) bond motifs is 2. The summed E-state index contributed by atoms with van der Waals surface area (Å²) in [4.78, 5) is 27.5. The molecule has 7 heteroatoms. The van der Waals surface area contributed by atoms with Crippen LogP contribution in [0, 0.1) is 0 Å². The lowest BCUT2D eigenvalue weighted by molar-refractivity contribution is 0.0339. The van der Waals surface area contributed by atoms with E-state index in [4.69, 9.17) is 13.6 Å². The maximum absolute atomic E-state index is 12.8. The van der Waals surface area contributed by atoms with Gasteiger partial charge in [0.25, 0.3) is 0 Å². The highest BCUT2D eigenvalue weighted by Crippen LogP contribution is 2.34. The minimum absolute atomic E-state index is 0.0439. The molecular weight excluding hydrogens is 410 g/mol. The van der Waals surface area contributed by atoms with Gasteiger partial charge in [0.15, 0.2) is 0 Å². The van der Waals surface area contributed by atoms with E-state index in [9.17, 15) is 14.7 Å². The molecule has 0 amide bonds. The van der Waals surface area contributed by atoms with Gasteiger partial charge in [-0.15, -0.1) is 0 Å². The average molecular weight is 433 g/mol. The smallest absolute Gasteiger partial charge is 0.344 e. The molecule has 1 aliphatic heterocycles. The molecule has 1 saturated heterocycles. The fraction of sp³-hybridized carbons (Fsp3) is 0.280. The Labute approximate surface area is 183 Å². The monoisotopic (exact) mass is 433 g/mol. The predicted molar refractivity (Wildman–Crippen MR) is 121 cm³/mol. The summed E-state index contributed by atoms with van der Waals surface area (Å²) in [6.45, 7) is 5.11. The van der Waals surface area contributed by atoms with Crippen LogP contribution in [0.1, 0.15) is 18.1 Å². The third-order valence-corrected chi connectivity index (χ3v) is 5.97. The van der Waals surface area contributed by atoms with Crippen molar-refractivity contribution in [3.63, 3.8) is 0 Å². The van der Waals surface area contributed by atoms with Gasteiger partial charge in [-0.25, -0.2) is 9.59 Å². The third kappa shape index (κ3) is 3.70. The lowest BCUT2D eigenvalue weighted by Crippen LogP contribution is -2.35. The van der Waals surface area contributed by atoms with Crippen LogP contribution >= 0.6 is 0 Å². The molecule has 164 valence electrons. The second kappa shape index (κ2) is 8.26. The van der Waals surface area contributed by atoms with Crippen LogP contribution in [0.25, 0.3) is 33.1 Å². The van der Waals surface area contributed by atoms with Gasteiger partial charge in [-0.3, -0.25) is 4.90 Å². The number of hydrogen-bond acceptors (Lipinski definition) is 7. The van der Waals surface area contributed by atoms with E-state index in [2.05, 4.69) is 11.8 Å². The second-order valence-electron chi connectivity index (χ2n) is 7.98. The molecule has 4 aromatic rings. The molecule has 0 saturated carbocycles. The van der Waals surface area contributed by atoms with Gasteiger partial charge in [-0.2, -0.15) is 0 Å². The number of ether oxygens (including phenoxy) is 1. The van der Waals surface area contributed by atoms with Gasteiger partial charge in [0.05, 0.1) is 24.3 Å². The second-order valence-corrected chi connectivity index (χ2v) is 7.98. The number of morpholine rings is 1. The van der Waals surface area contributed by atoms with Gasteiger partial charge in [-0.05, 0) is 42.3 Å². The largest absolute Gasteiger partial charge is 0.507 e. The fourth-order valence-electron chi connectivity index (χ4n) is 4.21. The first-order valence-electron chi connectivity index (χ1n) is 10.7. The minimum Gasteiger partial charge on any atom is -0.507 e.